The number of hydrogen-bond acceptors (Lipinski definition) is 4. The molecule has 2 bridgehead atoms. The minimum Gasteiger partial charge on any atom is -0.377 e. The van der Waals surface area contributed by atoms with Gasteiger partial charge in [0.2, 0.25) is 4.73 Å². The summed E-state index contributed by atoms with van der Waals surface area (Å²) in [5, 5.41) is 7.83. The largest absolute Gasteiger partial charge is 0.377 e. The Kier molecular flexibility index (Phi) is 2.12. The van der Waals surface area contributed by atoms with Gasteiger partial charge in [0.15, 0.2) is 5.82 Å². The molecular weight excluding hydrogens is 260 g/mol. The van der Waals surface area contributed by atoms with Crippen LogP contribution in [0.1, 0.15) is 18.7 Å². The summed E-state index contributed by atoms with van der Waals surface area (Å²) in [6.45, 7) is 1.52. The van der Waals surface area contributed by atoms with E-state index >= 15 is 0 Å². The van der Waals surface area contributed by atoms with Gasteiger partial charge in [-0.15, -0.1) is 5.10 Å². The standard InChI is InChI=1S/C9H13BrN4O/c1-14-7(11-8(10)13-14)9-3-2-6(12-9)4-15-5-9/h6,12H,2-5H2,1H3. The molecule has 3 heterocycles. The first kappa shape index (κ1) is 9.74. The van der Waals surface area contributed by atoms with Crippen LogP contribution in [0.4, 0.5) is 0 Å². The number of rotatable bonds is 1. The molecule has 2 fully saturated rings. The summed E-state index contributed by atoms with van der Waals surface area (Å²) in [5.41, 5.74) is -0.114. The maximum atomic E-state index is 5.62. The molecule has 2 unspecified atom stereocenters. The van der Waals surface area contributed by atoms with Crippen LogP contribution in [-0.2, 0) is 17.3 Å². The molecule has 0 spiro atoms. The average molecular weight is 273 g/mol. The van der Waals surface area contributed by atoms with E-state index in [1.165, 1.54) is 0 Å². The van der Waals surface area contributed by atoms with E-state index in [2.05, 4.69) is 31.3 Å². The third-order valence-electron chi connectivity index (χ3n) is 3.23. The first-order chi connectivity index (χ1) is 7.20. The molecule has 0 amide bonds. The second-order valence-corrected chi connectivity index (χ2v) is 5.01. The van der Waals surface area contributed by atoms with Crippen LogP contribution >= 0.6 is 15.9 Å². The van der Waals surface area contributed by atoms with Gasteiger partial charge in [-0.3, -0.25) is 10.00 Å². The highest BCUT2D eigenvalue weighted by atomic mass is 79.9. The maximum Gasteiger partial charge on any atom is 0.217 e. The minimum atomic E-state index is -0.114. The zero-order chi connectivity index (χ0) is 10.5. The highest BCUT2D eigenvalue weighted by Gasteiger charge is 2.46. The predicted octanol–water partition coefficient (Wildman–Crippen LogP) is 0.555. The van der Waals surface area contributed by atoms with Gasteiger partial charge in [-0.25, -0.2) is 4.98 Å². The number of aromatic nitrogens is 3. The molecule has 1 N–H and O–H groups in total. The van der Waals surface area contributed by atoms with Crippen molar-refractivity contribution < 1.29 is 4.74 Å². The summed E-state index contributed by atoms with van der Waals surface area (Å²) < 4.78 is 8.09. The fourth-order valence-corrected chi connectivity index (χ4v) is 2.99. The number of fused-ring (bicyclic) bond motifs is 2. The Labute approximate surface area is 96.3 Å². The number of hydrogen-bond donors (Lipinski definition) is 1. The van der Waals surface area contributed by atoms with Crippen LogP contribution in [0, 0.1) is 0 Å². The Bertz CT molecular complexity index is 389. The van der Waals surface area contributed by atoms with Crippen LogP contribution in [0.25, 0.3) is 0 Å². The third-order valence-corrected chi connectivity index (χ3v) is 3.57. The van der Waals surface area contributed by atoms with Gasteiger partial charge in [-0.2, -0.15) is 0 Å². The molecule has 82 valence electrons. The molecular formula is C9H13BrN4O. The Balaban J connectivity index is 2.02. The first-order valence-electron chi connectivity index (χ1n) is 5.12. The fourth-order valence-electron chi connectivity index (χ4n) is 2.58. The van der Waals surface area contributed by atoms with E-state index in [-0.39, 0.29) is 5.54 Å². The van der Waals surface area contributed by atoms with Gasteiger partial charge in [-0.05, 0) is 28.8 Å². The average Bonchev–Trinajstić information content (AvgIpc) is 2.69. The molecule has 15 heavy (non-hydrogen) atoms. The number of morpholine rings is 1. The molecule has 2 aliphatic heterocycles. The smallest absolute Gasteiger partial charge is 0.217 e. The van der Waals surface area contributed by atoms with Crippen molar-refractivity contribution in [1.82, 2.24) is 20.1 Å². The van der Waals surface area contributed by atoms with Gasteiger partial charge in [0, 0.05) is 13.1 Å². The van der Waals surface area contributed by atoms with E-state index in [0.717, 1.165) is 25.3 Å². The summed E-state index contributed by atoms with van der Waals surface area (Å²) in [4.78, 5) is 4.43. The van der Waals surface area contributed by atoms with Crippen molar-refractivity contribution in [3.8, 4) is 0 Å². The molecule has 6 heteroatoms. The lowest BCUT2D eigenvalue weighted by molar-refractivity contribution is 0.0237. The van der Waals surface area contributed by atoms with Crippen molar-refractivity contribution in [2.75, 3.05) is 13.2 Å². The zero-order valence-electron chi connectivity index (χ0n) is 8.53. The van der Waals surface area contributed by atoms with Crippen LogP contribution in [0.3, 0.4) is 0 Å². The summed E-state index contributed by atoms with van der Waals surface area (Å²) in [6, 6.07) is 0.481. The lowest BCUT2D eigenvalue weighted by Gasteiger charge is -2.33. The van der Waals surface area contributed by atoms with E-state index < -0.39 is 0 Å². The van der Waals surface area contributed by atoms with E-state index in [4.69, 9.17) is 4.74 Å². The monoisotopic (exact) mass is 272 g/mol. The Morgan fingerprint density at radius 2 is 2.53 bits per heavy atom. The molecule has 3 rings (SSSR count). The van der Waals surface area contributed by atoms with E-state index in [1.54, 1.807) is 0 Å². The van der Waals surface area contributed by atoms with Crippen LogP contribution in [0.2, 0.25) is 0 Å². The van der Waals surface area contributed by atoms with Gasteiger partial charge in [0.05, 0.1) is 13.2 Å². The summed E-state index contributed by atoms with van der Waals surface area (Å²) in [7, 11) is 1.92. The van der Waals surface area contributed by atoms with E-state index in [1.807, 2.05) is 11.7 Å². The fraction of sp³-hybridized carbons (Fsp3) is 0.778. The molecule has 1 aromatic heterocycles. The highest BCUT2D eigenvalue weighted by molar-refractivity contribution is 9.10. The number of ether oxygens (including phenoxy) is 1. The molecule has 0 radical (unpaired) electrons. The molecule has 5 nitrogen and oxygen atoms in total. The maximum absolute atomic E-state index is 5.62. The molecule has 0 aromatic carbocycles. The van der Waals surface area contributed by atoms with Gasteiger partial charge in [-0.1, -0.05) is 0 Å². The van der Waals surface area contributed by atoms with Crippen molar-refractivity contribution in [1.29, 1.82) is 0 Å². The first-order valence-corrected chi connectivity index (χ1v) is 5.91. The minimum absolute atomic E-state index is 0.114. The zero-order valence-corrected chi connectivity index (χ0v) is 10.1. The SMILES string of the molecule is Cn1nc(Br)nc1C12CCC(COC1)N2. The van der Waals surface area contributed by atoms with Crippen molar-refractivity contribution in [3.05, 3.63) is 10.6 Å². The second-order valence-electron chi connectivity index (χ2n) is 4.31. The third kappa shape index (κ3) is 1.43. The van der Waals surface area contributed by atoms with Crippen LogP contribution in [-0.4, -0.2) is 34.0 Å². The second kappa shape index (κ2) is 3.26. The van der Waals surface area contributed by atoms with E-state index in [9.17, 15) is 0 Å². The Morgan fingerprint density at radius 1 is 1.67 bits per heavy atom. The predicted molar refractivity (Wildman–Crippen MR) is 57.4 cm³/mol. The Morgan fingerprint density at radius 3 is 3.27 bits per heavy atom. The van der Waals surface area contributed by atoms with Crippen LogP contribution in [0.15, 0.2) is 4.73 Å². The van der Waals surface area contributed by atoms with Crippen molar-refractivity contribution in [2.45, 2.75) is 24.4 Å². The van der Waals surface area contributed by atoms with Crippen LogP contribution in [0.5, 0.6) is 0 Å². The topological polar surface area (TPSA) is 52.0 Å². The van der Waals surface area contributed by atoms with Gasteiger partial charge in [0.25, 0.3) is 0 Å². The summed E-state index contributed by atoms with van der Waals surface area (Å²) >= 11 is 3.30. The quantitative estimate of drug-likeness (QED) is 0.812. The molecule has 2 saturated heterocycles. The highest BCUT2D eigenvalue weighted by Crippen LogP contribution is 2.36. The molecule has 2 atom stereocenters. The van der Waals surface area contributed by atoms with E-state index in [0.29, 0.717) is 17.4 Å². The number of nitrogens with zero attached hydrogens (tertiary/aromatic N) is 3. The molecule has 2 aliphatic rings. The molecule has 0 aliphatic carbocycles. The molecule has 0 saturated carbocycles. The summed E-state index contributed by atoms with van der Waals surface area (Å²) in [5.74, 6) is 0.969. The van der Waals surface area contributed by atoms with Crippen LogP contribution < -0.4 is 5.32 Å². The number of aryl methyl sites for hydroxylation is 1. The van der Waals surface area contributed by atoms with Crippen molar-refractivity contribution >= 4 is 15.9 Å². The normalized spacial score (nSPS) is 34.7. The number of nitrogens with one attached hydrogen (secondary N) is 1. The number of halogens is 1. The van der Waals surface area contributed by atoms with Gasteiger partial charge < -0.3 is 4.74 Å². The molecule has 1 aromatic rings. The lowest BCUT2D eigenvalue weighted by atomic mass is 9.98. The Hall–Kier alpha value is -0.460. The van der Waals surface area contributed by atoms with Crippen molar-refractivity contribution in [3.63, 3.8) is 0 Å². The van der Waals surface area contributed by atoms with Crippen molar-refractivity contribution in [2.24, 2.45) is 7.05 Å². The lowest BCUT2D eigenvalue weighted by Crippen LogP contribution is -2.51. The summed E-state index contributed by atoms with van der Waals surface area (Å²) in [6.07, 6.45) is 2.24. The van der Waals surface area contributed by atoms with Gasteiger partial charge in [0.1, 0.15) is 5.54 Å². The van der Waals surface area contributed by atoms with Gasteiger partial charge >= 0.3 is 0 Å².